The van der Waals surface area contributed by atoms with Crippen molar-refractivity contribution in [1.29, 1.82) is 0 Å². The first-order chi connectivity index (χ1) is 18.4. The molecule has 1 fully saturated rings. The molecule has 0 saturated carbocycles. The van der Waals surface area contributed by atoms with Gasteiger partial charge in [-0.1, -0.05) is 65.5 Å². The van der Waals surface area contributed by atoms with Crippen molar-refractivity contribution in [3.8, 4) is 0 Å². The van der Waals surface area contributed by atoms with Crippen LogP contribution in [0.2, 0.25) is 5.02 Å². The highest BCUT2D eigenvalue weighted by atomic mass is 35.5. The van der Waals surface area contributed by atoms with E-state index in [1.54, 1.807) is 30.3 Å². The van der Waals surface area contributed by atoms with E-state index in [4.69, 9.17) is 23.8 Å². The van der Waals surface area contributed by atoms with Crippen LogP contribution in [0.25, 0.3) is 17.1 Å². The van der Waals surface area contributed by atoms with Crippen LogP contribution in [-0.2, 0) is 9.59 Å². The summed E-state index contributed by atoms with van der Waals surface area (Å²) < 4.78 is 1.93. The fraction of sp³-hybridized carbons (Fsp3) is 0.115. The highest BCUT2D eigenvalue weighted by Gasteiger charge is 2.32. The third-order valence-electron chi connectivity index (χ3n) is 5.48. The number of carbonyl (C=O) groups excluding carboxylic acids is 3. The summed E-state index contributed by atoms with van der Waals surface area (Å²) >= 11 is 15.3. The van der Waals surface area contributed by atoms with Crippen molar-refractivity contribution < 1.29 is 14.4 Å². The molecule has 4 aromatic rings. The third kappa shape index (κ3) is 6.02. The van der Waals surface area contributed by atoms with Gasteiger partial charge in [-0.15, -0.1) is 11.3 Å². The monoisotopic (exact) mass is 598 g/mol. The predicted molar refractivity (Wildman–Crippen MR) is 160 cm³/mol. The zero-order valence-electron chi connectivity index (χ0n) is 19.6. The van der Waals surface area contributed by atoms with E-state index in [0.717, 1.165) is 4.88 Å². The summed E-state index contributed by atoms with van der Waals surface area (Å²) in [7, 11) is 0. The van der Waals surface area contributed by atoms with Crippen LogP contribution in [0.1, 0.15) is 16.1 Å². The zero-order valence-corrected chi connectivity index (χ0v) is 23.6. The number of anilines is 1. The average Bonchev–Trinajstić information content (AvgIpc) is 3.61. The lowest BCUT2D eigenvalue weighted by atomic mass is 10.3. The number of rotatable bonds is 8. The molecule has 2 aromatic heterocycles. The minimum atomic E-state index is -0.240. The molecule has 38 heavy (non-hydrogen) atoms. The normalized spacial score (nSPS) is 14.6. The van der Waals surface area contributed by atoms with E-state index in [9.17, 15) is 14.4 Å². The molecule has 0 unspecified atom stereocenters. The van der Waals surface area contributed by atoms with Gasteiger partial charge >= 0.3 is 0 Å². The van der Waals surface area contributed by atoms with Crippen molar-refractivity contribution in [2.24, 2.45) is 0 Å². The van der Waals surface area contributed by atoms with Gasteiger partial charge in [-0.2, -0.15) is 0 Å². The minimum absolute atomic E-state index is 0.0452. The van der Waals surface area contributed by atoms with E-state index in [2.05, 4.69) is 10.3 Å². The lowest BCUT2D eigenvalue weighted by Gasteiger charge is -2.14. The van der Waals surface area contributed by atoms with E-state index in [1.165, 1.54) is 44.3 Å². The van der Waals surface area contributed by atoms with Crippen LogP contribution in [0.4, 0.5) is 5.69 Å². The fourth-order valence-corrected chi connectivity index (χ4v) is 6.70. The van der Waals surface area contributed by atoms with Gasteiger partial charge in [0.25, 0.3) is 5.91 Å². The average molecular weight is 599 g/mol. The molecular weight excluding hydrogens is 580 g/mol. The molecule has 2 aromatic carbocycles. The molecule has 0 atom stereocenters. The SMILES string of the molecule is O=C(CSc1nc2ccccc2n1C(=O)CCN1C(=O)C(=Cc2cccs2)SC1=S)Nc1ccc(Cl)cc1. The Balaban J connectivity index is 1.28. The maximum atomic E-state index is 13.4. The van der Waals surface area contributed by atoms with Crippen LogP contribution < -0.4 is 5.32 Å². The Morgan fingerprint density at radius 2 is 1.89 bits per heavy atom. The second kappa shape index (κ2) is 11.8. The number of para-hydroxylation sites is 2. The number of halogens is 1. The number of imidazole rings is 1. The van der Waals surface area contributed by atoms with Gasteiger partial charge in [0, 0.05) is 28.6 Å². The Labute approximate surface area is 241 Å². The molecule has 1 N–H and O–H groups in total. The van der Waals surface area contributed by atoms with Gasteiger partial charge in [0.05, 0.1) is 21.7 Å². The molecule has 0 aliphatic carbocycles. The summed E-state index contributed by atoms with van der Waals surface area (Å²) in [4.78, 5) is 46.4. The van der Waals surface area contributed by atoms with Crippen molar-refractivity contribution >= 4 is 104 Å². The standard InChI is InChI=1S/C26H19ClN4O3S4/c27-16-7-9-17(10-8-16)28-22(32)15-37-25-29-19-5-1-2-6-20(19)31(25)23(33)11-12-30-24(34)21(38-26(30)35)14-18-4-3-13-36-18/h1-10,13-14H,11-12,15H2,(H,28,32). The lowest BCUT2D eigenvalue weighted by molar-refractivity contribution is -0.122. The van der Waals surface area contributed by atoms with E-state index >= 15 is 0 Å². The number of amides is 2. The van der Waals surface area contributed by atoms with Crippen LogP contribution >= 0.6 is 58.7 Å². The van der Waals surface area contributed by atoms with Gasteiger partial charge in [-0.3, -0.25) is 23.9 Å². The molecule has 7 nitrogen and oxygen atoms in total. The van der Waals surface area contributed by atoms with Crippen molar-refractivity contribution in [3.05, 3.63) is 80.8 Å². The van der Waals surface area contributed by atoms with Crippen molar-refractivity contribution in [2.75, 3.05) is 17.6 Å². The van der Waals surface area contributed by atoms with Gasteiger partial charge in [0.2, 0.25) is 11.8 Å². The fourth-order valence-electron chi connectivity index (χ4n) is 3.72. The first-order valence-electron chi connectivity index (χ1n) is 11.4. The number of thiophene rings is 1. The number of nitrogens with one attached hydrogen (secondary N) is 1. The first-order valence-corrected chi connectivity index (χ1v) is 14.8. The molecule has 2 amide bonds. The maximum Gasteiger partial charge on any atom is 0.266 e. The maximum absolute atomic E-state index is 13.4. The Hall–Kier alpha value is -2.96. The van der Waals surface area contributed by atoms with Gasteiger partial charge in [-0.05, 0) is 53.9 Å². The summed E-state index contributed by atoms with van der Waals surface area (Å²) in [6, 6.07) is 18.0. The molecule has 0 radical (unpaired) electrons. The Morgan fingerprint density at radius 3 is 2.66 bits per heavy atom. The molecule has 1 aliphatic heterocycles. The lowest BCUT2D eigenvalue weighted by Crippen LogP contribution is -2.31. The van der Waals surface area contributed by atoms with E-state index in [0.29, 0.717) is 36.1 Å². The topological polar surface area (TPSA) is 84.3 Å². The number of carbonyl (C=O) groups is 3. The molecule has 3 heterocycles. The number of hydrogen-bond acceptors (Lipinski definition) is 8. The number of thiocarbonyl (C=S) groups is 1. The van der Waals surface area contributed by atoms with Crippen molar-refractivity contribution in [1.82, 2.24) is 14.5 Å². The van der Waals surface area contributed by atoms with E-state index in [-0.39, 0.29) is 36.4 Å². The number of aromatic nitrogens is 2. The highest BCUT2D eigenvalue weighted by Crippen LogP contribution is 2.33. The number of thioether (sulfide) groups is 2. The number of fused-ring (bicyclic) bond motifs is 1. The van der Waals surface area contributed by atoms with Gasteiger partial charge in [0.1, 0.15) is 4.32 Å². The van der Waals surface area contributed by atoms with Crippen LogP contribution in [0, 0.1) is 0 Å². The summed E-state index contributed by atoms with van der Waals surface area (Å²) in [5.41, 5.74) is 1.91. The molecule has 192 valence electrons. The Bertz CT molecular complexity index is 1570. The first kappa shape index (κ1) is 26.6. The Kier molecular flexibility index (Phi) is 8.29. The largest absolute Gasteiger partial charge is 0.325 e. The second-order valence-electron chi connectivity index (χ2n) is 8.05. The summed E-state index contributed by atoms with van der Waals surface area (Å²) in [5.74, 6) is -0.624. The molecule has 5 rings (SSSR count). The summed E-state index contributed by atoms with van der Waals surface area (Å²) in [6.07, 6.45) is 1.86. The smallest absolute Gasteiger partial charge is 0.266 e. The summed E-state index contributed by atoms with van der Waals surface area (Å²) in [6.45, 7) is 0.152. The highest BCUT2D eigenvalue weighted by molar-refractivity contribution is 8.26. The zero-order chi connectivity index (χ0) is 26.6. The molecule has 0 spiro atoms. The van der Waals surface area contributed by atoms with Crippen LogP contribution in [-0.4, -0.2) is 48.8 Å². The number of hydrogen-bond donors (Lipinski definition) is 1. The third-order valence-corrected chi connectivity index (χ3v) is 8.87. The van der Waals surface area contributed by atoms with E-state index < -0.39 is 0 Å². The molecular formula is C26H19ClN4O3S4. The van der Waals surface area contributed by atoms with Crippen LogP contribution in [0.15, 0.2) is 76.1 Å². The van der Waals surface area contributed by atoms with E-state index in [1.807, 2.05) is 41.8 Å². The second-order valence-corrected chi connectivity index (χ2v) is 12.1. The van der Waals surface area contributed by atoms with Gasteiger partial charge < -0.3 is 5.32 Å². The van der Waals surface area contributed by atoms with Crippen LogP contribution in [0.3, 0.4) is 0 Å². The number of nitrogens with zero attached hydrogens (tertiary/aromatic N) is 3. The molecule has 12 heteroatoms. The van der Waals surface area contributed by atoms with Gasteiger partial charge in [-0.25, -0.2) is 4.98 Å². The minimum Gasteiger partial charge on any atom is -0.325 e. The van der Waals surface area contributed by atoms with Crippen LogP contribution in [0.5, 0.6) is 0 Å². The van der Waals surface area contributed by atoms with Crippen molar-refractivity contribution in [2.45, 2.75) is 11.6 Å². The predicted octanol–water partition coefficient (Wildman–Crippen LogP) is 6.41. The quantitative estimate of drug-likeness (QED) is 0.142. The molecule has 1 saturated heterocycles. The molecule has 0 bridgehead atoms. The number of benzene rings is 2. The Morgan fingerprint density at radius 1 is 1.11 bits per heavy atom. The van der Waals surface area contributed by atoms with Gasteiger partial charge in [0.15, 0.2) is 5.16 Å². The molecule has 1 aliphatic rings. The van der Waals surface area contributed by atoms with Crippen molar-refractivity contribution in [3.63, 3.8) is 0 Å². The summed E-state index contributed by atoms with van der Waals surface area (Å²) in [5, 5.41) is 5.74.